The summed E-state index contributed by atoms with van der Waals surface area (Å²) in [6.07, 6.45) is 7.70. The number of nitrogens with one attached hydrogen (secondary N) is 2. The van der Waals surface area contributed by atoms with Crippen LogP contribution in [0.4, 0.5) is 5.95 Å². The van der Waals surface area contributed by atoms with E-state index in [1.54, 1.807) is 18.5 Å². The number of piperidine rings is 1. The molecule has 0 aliphatic carbocycles. The number of nitrogens with zero attached hydrogens (tertiary/aromatic N) is 4. The molecule has 3 heterocycles. The van der Waals surface area contributed by atoms with Gasteiger partial charge in [-0.3, -0.25) is 5.10 Å². The van der Waals surface area contributed by atoms with Crippen LogP contribution >= 0.6 is 0 Å². The van der Waals surface area contributed by atoms with Crippen molar-refractivity contribution < 1.29 is 8.42 Å². The topological polar surface area (TPSA) is 104 Å². The second-order valence-corrected chi connectivity index (χ2v) is 6.60. The maximum absolute atomic E-state index is 12.2. The molecule has 2 N–H and O–H groups in total. The molecule has 0 radical (unpaired) electrons. The molecule has 1 unspecified atom stereocenters. The van der Waals surface area contributed by atoms with Crippen LogP contribution in [0.25, 0.3) is 0 Å². The van der Waals surface area contributed by atoms with Crippen LogP contribution in [0.1, 0.15) is 12.8 Å². The van der Waals surface area contributed by atoms with E-state index in [9.17, 15) is 8.42 Å². The number of H-pyrrole nitrogens is 1. The Hall–Kier alpha value is -2.00. The highest BCUT2D eigenvalue weighted by molar-refractivity contribution is 7.89. The summed E-state index contributed by atoms with van der Waals surface area (Å²) < 4.78 is 27.1. The lowest BCUT2D eigenvalue weighted by atomic mass is 10.1. The Labute approximate surface area is 122 Å². The Balaban J connectivity index is 1.70. The quantitative estimate of drug-likeness (QED) is 0.833. The lowest BCUT2D eigenvalue weighted by Crippen LogP contribution is -2.48. The molecule has 112 valence electrons. The molecule has 2 aromatic rings. The summed E-state index contributed by atoms with van der Waals surface area (Å²) in [5, 5.41) is 6.18. The molecule has 0 aromatic carbocycles. The van der Waals surface area contributed by atoms with Gasteiger partial charge in [0, 0.05) is 37.7 Å². The molecule has 1 atom stereocenters. The summed E-state index contributed by atoms with van der Waals surface area (Å²) in [5.41, 5.74) is 0. The van der Waals surface area contributed by atoms with Crippen molar-refractivity contribution in [2.75, 3.05) is 18.0 Å². The molecule has 0 amide bonds. The summed E-state index contributed by atoms with van der Waals surface area (Å²) in [6.45, 7) is 1.38. The lowest BCUT2D eigenvalue weighted by molar-refractivity contribution is 0.461. The average Bonchev–Trinajstić information content (AvgIpc) is 3.03. The zero-order valence-electron chi connectivity index (χ0n) is 11.3. The first kappa shape index (κ1) is 14.0. The van der Waals surface area contributed by atoms with Crippen molar-refractivity contribution in [1.82, 2.24) is 24.9 Å². The standard InChI is InChI=1S/C12H16N6O2S/c19-21(20,11-7-15-16-8-11)17-10-3-1-6-18(9-10)12-13-4-2-5-14-12/h2,4-5,7-8,10,17H,1,3,6,9H2,(H,15,16). The molecule has 1 fully saturated rings. The fraction of sp³-hybridized carbons (Fsp3) is 0.417. The number of aromatic nitrogens is 4. The largest absolute Gasteiger partial charge is 0.339 e. The van der Waals surface area contributed by atoms with Crippen LogP contribution in [-0.4, -0.2) is 47.7 Å². The molecule has 3 rings (SSSR count). The van der Waals surface area contributed by atoms with Crippen LogP contribution in [0.15, 0.2) is 35.7 Å². The third-order valence-electron chi connectivity index (χ3n) is 3.36. The van der Waals surface area contributed by atoms with E-state index >= 15 is 0 Å². The highest BCUT2D eigenvalue weighted by atomic mass is 32.2. The van der Waals surface area contributed by atoms with Crippen LogP contribution < -0.4 is 9.62 Å². The van der Waals surface area contributed by atoms with Crippen LogP contribution in [0.2, 0.25) is 0 Å². The Bertz CT molecular complexity index is 673. The minimum Gasteiger partial charge on any atom is -0.339 e. The van der Waals surface area contributed by atoms with Crippen LogP contribution in [0.5, 0.6) is 0 Å². The van der Waals surface area contributed by atoms with Crippen molar-refractivity contribution in [2.24, 2.45) is 0 Å². The number of sulfonamides is 1. The van der Waals surface area contributed by atoms with E-state index in [2.05, 4.69) is 24.9 Å². The summed E-state index contributed by atoms with van der Waals surface area (Å²) in [4.78, 5) is 10.6. The molecule has 0 spiro atoms. The molecule has 1 aliphatic rings. The molecule has 0 saturated carbocycles. The molecule has 2 aromatic heterocycles. The summed E-state index contributed by atoms with van der Waals surface area (Å²) in [5.74, 6) is 0.629. The van der Waals surface area contributed by atoms with Gasteiger partial charge in [-0.25, -0.2) is 23.1 Å². The van der Waals surface area contributed by atoms with E-state index in [-0.39, 0.29) is 10.9 Å². The third-order valence-corrected chi connectivity index (χ3v) is 4.85. The van der Waals surface area contributed by atoms with Gasteiger partial charge >= 0.3 is 0 Å². The maximum atomic E-state index is 12.2. The lowest BCUT2D eigenvalue weighted by Gasteiger charge is -2.32. The van der Waals surface area contributed by atoms with Crippen molar-refractivity contribution in [3.8, 4) is 0 Å². The van der Waals surface area contributed by atoms with Crippen molar-refractivity contribution in [2.45, 2.75) is 23.8 Å². The highest BCUT2D eigenvalue weighted by Crippen LogP contribution is 2.17. The molecular weight excluding hydrogens is 292 g/mol. The molecule has 1 aliphatic heterocycles. The first-order valence-corrected chi connectivity index (χ1v) is 8.16. The first-order valence-electron chi connectivity index (χ1n) is 6.68. The van der Waals surface area contributed by atoms with Crippen molar-refractivity contribution in [1.29, 1.82) is 0 Å². The highest BCUT2D eigenvalue weighted by Gasteiger charge is 2.26. The van der Waals surface area contributed by atoms with E-state index in [4.69, 9.17) is 0 Å². The zero-order valence-corrected chi connectivity index (χ0v) is 12.1. The van der Waals surface area contributed by atoms with Gasteiger partial charge in [-0.15, -0.1) is 0 Å². The van der Waals surface area contributed by atoms with Gasteiger partial charge in [0.25, 0.3) is 0 Å². The fourth-order valence-electron chi connectivity index (χ4n) is 2.38. The summed E-state index contributed by atoms with van der Waals surface area (Å²) in [6, 6.07) is 1.59. The fourth-order valence-corrected chi connectivity index (χ4v) is 3.55. The average molecular weight is 308 g/mol. The molecule has 8 nitrogen and oxygen atoms in total. The molecule has 9 heteroatoms. The normalized spacial score (nSPS) is 19.6. The van der Waals surface area contributed by atoms with Gasteiger partial charge in [-0.1, -0.05) is 0 Å². The molecule has 0 bridgehead atoms. The van der Waals surface area contributed by atoms with Gasteiger partial charge in [0.1, 0.15) is 4.90 Å². The van der Waals surface area contributed by atoms with Gasteiger partial charge in [-0.05, 0) is 18.9 Å². The maximum Gasteiger partial charge on any atom is 0.243 e. The van der Waals surface area contributed by atoms with E-state index < -0.39 is 10.0 Å². The van der Waals surface area contributed by atoms with Gasteiger partial charge < -0.3 is 4.90 Å². The number of aromatic amines is 1. The third kappa shape index (κ3) is 3.19. The Kier molecular flexibility index (Phi) is 3.84. The van der Waals surface area contributed by atoms with Crippen LogP contribution in [-0.2, 0) is 10.0 Å². The summed E-state index contributed by atoms with van der Waals surface area (Å²) >= 11 is 0. The number of rotatable bonds is 4. The number of hydrogen-bond acceptors (Lipinski definition) is 6. The monoisotopic (exact) mass is 308 g/mol. The molecule has 21 heavy (non-hydrogen) atoms. The number of anilines is 1. The smallest absolute Gasteiger partial charge is 0.243 e. The predicted octanol–water partition coefficient (Wildman–Crippen LogP) is 0.147. The Morgan fingerprint density at radius 3 is 2.86 bits per heavy atom. The van der Waals surface area contributed by atoms with Crippen LogP contribution in [0.3, 0.4) is 0 Å². The second-order valence-electron chi connectivity index (χ2n) is 4.89. The Morgan fingerprint density at radius 2 is 2.14 bits per heavy atom. The second kappa shape index (κ2) is 5.78. The predicted molar refractivity (Wildman–Crippen MR) is 76.2 cm³/mol. The SMILES string of the molecule is O=S(=O)(NC1CCCN(c2ncccn2)C1)c1cn[nH]c1. The van der Waals surface area contributed by atoms with Gasteiger partial charge in [0.15, 0.2) is 0 Å². The van der Waals surface area contributed by atoms with Crippen molar-refractivity contribution in [3.05, 3.63) is 30.9 Å². The van der Waals surface area contributed by atoms with E-state index in [0.717, 1.165) is 19.4 Å². The summed E-state index contributed by atoms with van der Waals surface area (Å²) in [7, 11) is -3.53. The number of hydrogen-bond donors (Lipinski definition) is 2. The molecular formula is C12H16N6O2S. The minimum absolute atomic E-state index is 0.149. The van der Waals surface area contributed by atoms with Gasteiger partial charge in [0.2, 0.25) is 16.0 Å². The van der Waals surface area contributed by atoms with Gasteiger partial charge in [-0.2, -0.15) is 5.10 Å². The van der Waals surface area contributed by atoms with E-state index in [1.807, 2.05) is 4.90 Å². The Morgan fingerprint density at radius 1 is 1.33 bits per heavy atom. The van der Waals surface area contributed by atoms with Crippen molar-refractivity contribution in [3.63, 3.8) is 0 Å². The van der Waals surface area contributed by atoms with E-state index in [1.165, 1.54) is 12.4 Å². The van der Waals surface area contributed by atoms with Crippen molar-refractivity contribution >= 4 is 16.0 Å². The molecule has 1 saturated heterocycles. The van der Waals surface area contributed by atoms with Gasteiger partial charge in [0.05, 0.1) is 6.20 Å². The minimum atomic E-state index is -3.53. The van der Waals surface area contributed by atoms with Crippen LogP contribution in [0, 0.1) is 0 Å². The van der Waals surface area contributed by atoms with E-state index in [0.29, 0.717) is 12.5 Å². The first-order chi connectivity index (χ1) is 10.1. The zero-order chi connectivity index (χ0) is 14.7.